The van der Waals surface area contributed by atoms with Gasteiger partial charge in [0.2, 0.25) is 0 Å². The molecule has 0 saturated heterocycles. The van der Waals surface area contributed by atoms with E-state index in [0.29, 0.717) is 5.56 Å². The maximum atomic E-state index is 13.5. The highest BCUT2D eigenvalue weighted by molar-refractivity contribution is 5.23. The first-order valence-corrected chi connectivity index (χ1v) is 4.46. The number of aromatic nitrogens is 1. The predicted molar refractivity (Wildman–Crippen MR) is 52.5 cm³/mol. The van der Waals surface area contributed by atoms with E-state index in [4.69, 9.17) is 10.5 Å². The topological polar surface area (TPSA) is 48.1 Å². The van der Waals surface area contributed by atoms with Gasteiger partial charge in [0, 0.05) is 18.3 Å². The fourth-order valence-electron chi connectivity index (χ4n) is 0.981. The molecule has 78 valence electrons. The maximum Gasteiger partial charge on any atom is 0.251 e. The quantitative estimate of drug-likeness (QED) is 0.789. The van der Waals surface area contributed by atoms with Crippen molar-refractivity contribution in [1.82, 2.24) is 4.98 Å². The molecule has 0 radical (unpaired) electrons. The molecule has 1 aromatic rings. The zero-order valence-corrected chi connectivity index (χ0v) is 8.67. The van der Waals surface area contributed by atoms with Gasteiger partial charge in [0.25, 0.3) is 5.88 Å². The second-order valence-corrected chi connectivity index (χ2v) is 4.01. The SMILES string of the molecule is CC(C)(C)Oc1nccc(CN)c1F. The minimum atomic E-state index is -0.468. The molecular weight excluding hydrogens is 183 g/mol. The van der Waals surface area contributed by atoms with Crippen LogP contribution in [0.15, 0.2) is 12.3 Å². The molecule has 0 aliphatic rings. The minimum Gasteiger partial charge on any atom is -0.470 e. The lowest BCUT2D eigenvalue weighted by atomic mass is 10.2. The van der Waals surface area contributed by atoms with Gasteiger partial charge >= 0.3 is 0 Å². The molecular formula is C10H15FN2O. The average Bonchev–Trinajstić information content (AvgIpc) is 2.06. The number of hydrogen-bond donors (Lipinski definition) is 1. The molecule has 1 heterocycles. The molecule has 0 aliphatic carbocycles. The Bertz CT molecular complexity index is 320. The summed E-state index contributed by atoms with van der Waals surface area (Å²) in [5, 5.41) is 0. The number of halogens is 1. The van der Waals surface area contributed by atoms with Crippen molar-refractivity contribution < 1.29 is 9.13 Å². The van der Waals surface area contributed by atoms with Crippen molar-refractivity contribution in [2.24, 2.45) is 5.73 Å². The van der Waals surface area contributed by atoms with Crippen LogP contribution in [0.3, 0.4) is 0 Å². The normalized spacial score (nSPS) is 11.5. The van der Waals surface area contributed by atoms with Gasteiger partial charge in [-0.2, -0.15) is 0 Å². The van der Waals surface area contributed by atoms with E-state index in [-0.39, 0.29) is 12.4 Å². The van der Waals surface area contributed by atoms with Gasteiger partial charge in [-0.1, -0.05) is 0 Å². The molecule has 0 spiro atoms. The smallest absolute Gasteiger partial charge is 0.251 e. The Balaban J connectivity index is 2.98. The van der Waals surface area contributed by atoms with Crippen LogP contribution in [0, 0.1) is 5.82 Å². The van der Waals surface area contributed by atoms with Gasteiger partial charge in [-0.3, -0.25) is 0 Å². The Morgan fingerprint density at radius 2 is 2.14 bits per heavy atom. The van der Waals surface area contributed by atoms with E-state index < -0.39 is 11.4 Å². The summed E-state index contributed by atoms with van der Waals surface area (Å²) in [7, 11) is 0. The van der Waals surface area contributed by atoms with Gasteiger partial charge in [0.05, 0.1) is 0 Å². The minimum absolute atomic E-state index is 0.0143. The molecule has 0 unspecified atom stereocenters. The lowest BCUT2D eigenvalue weighted by Crippen LogP contribution is -2.24. The van der Waals surface area contributed by atoms with Gasteiger partial charge in [-0.05, 0) is 26.8 Å². The summed E-state index contributed by atoms with van der Waals surface area (Å²) in [5.74, 6) is -0.453. The third-order valence-corrected chi connectivity index (χ3v) is 1.56. The van der Waals surface area contributed by atoms with E-state index in [2.05, 4.69) is 4.98 Å². The summed E-state index contributed by atoms with van der Waals surface area (Å²) in [5.41, 5.74) is 5.32. The van der Waals surface area contributed by atoms with Gasteiger partial charge in [0.15, 0.2) is 5.82 Å². The Morgan fingerprint density at radius 1 is 1.50 bits per heavy atom. The van der Waals surface area contributed by atoms with Gasteiger partial charge in [-0.15, -0.1) is 0 Å². The molecule has 3 nitrogen and oxygen atoms in total. The van der Waals surface area contributed by atoms with E-state index in [9.17, 15) is 4.39 Å². The largest absolute Gasteiger partial charge is 0.470 e. The first-order chi connectivity index (χ1) is 6.44. The van der Waals surface area contributed by atoms with Crippen LogP contribution in [-0.4, -0.2) is 10.6 Å². The molecule has 0 fully saturated rings. The molecule has 0 bridgehead atoms. The molecule has 0 amide bonds. The van der Waals surface area contributed by atoms with Crippen molar-refractivity contribution >= 4 is 0 Å². The molecule has 0 aromatic carbocycles. The highest BCUT2D eigenvalue weighted by atomic mass is 19.1. The van der Waals surface area contributed by atoms with Gasteiger partial charge in [0.1, 0.15) is 5.60 Å². The molecule has 0 aliphatic heterocycles. The number of nitrogens with two attached hydrogens (primary N) is 1. The summed E-state index contributed by atoms with van der Waals surface area (Å²) in [6.07, 6.45) is 1.49. The molecule has 1 aromatic heterocycles. The predicted octanol–water partition coefficient (Wildman–Crippen LogP) is 1.86. The number of nitrogens with zero attached hydrogens (tertiary/aromatic N) is 1. The molecule has 0 saturated carbocycles. The Morgan fingerprint density at radius 3 is 2.64 bits per heavy atom. The van der Waals surface area contributed by atoms with Crippen LogP contribution in [-0.2, 0) is 6.54 Å². The van der Waals surface area contributed by atoms with Crippen LogP contribution in [0.4, 0.5) is 4.39 Å². The fraction of sp³-hybridized carbons (Fsp3) is 0.500. The van der Waals surface area contributed by atoms with Crippen molar-refractivity contribution in [3.8, 4) is 5.88 Å². The Kier molecular flexibility index (Phi) is 3.06. The van der Waals surface area contributed by atoms with Crippen molar-refractivity contribution in [2.75, 3.05) is 0 Å². The average molecular weight is 198 g/mol. The van der Waals surface area contributed by atoms with Crippen molar-refractivity contribution in [3.63, 3.8) is 0 Å². The van der Waals surface area contributed by atoms with E-state index in [0.717, 1.165) is 0 Å². The summed E-state index contributed by atoms with van der Waals surface area (Å²) in [4.78, 5) is 3.82. The van der Waals surface area contributed by atoms with Gasteiger partial charge in [-0.25, -0.2) is 9.37 Å². The molecule has 0 atom stereocenters. The highest BCUT2D eigenvalue weighted by Crippen LogP contribution is 2.21. The van der Waals surface area contributed by atoms with E-state index >= 15 is 0 Å². The van der Waals surface area contributed by atoms with Crippen molar-refractivity contribution in [2.45, 2.75) is 32.9 Å². The highest BCUT2D eigenvalue weighted by Gasteiger charge is 2.17. The molecule has 14 heavy (non-hydrogen) atoms. The third kappa shape index (κ3) is 2.67. The summed E-state index contributed by atoms with van der Waals surface area (Å²) in [6, 6.07) is 1.55. The second kappa shape index (κ2) is 3.92. The maximum absolute atomic E-state index is 13.5. The lowest BCUT2D eigenvalue weighted by Gasteiger charge is -2.20. The Hall–Kier alpha value is -1.16. The first-order valence-electron chi connectivity index (χ1n) is 4.46. The van der Waals surface area contributed by atoms with Gasteiger partial charge < -0.3 is 10.5 Å². The number of hydrogen-bond acceptors (Lipinski definition) is 3. The molecule has 2 N–H and O–H groups in total. The first kappa shape index (κ1) is 10.9. The van der Waals surface area contributed by atoms with E-state index in [1.165, 1.54) is 6.20 Å². The summed E-state index contributed by atoms with van der Waals surface area (Å²) >= 11 is 0. The zero-order chi connectivity index (χ0) is 10.8. The monoisotopic (exact) mass is 198 g/mol. The number of ether oxygens (including phenoxy) is 1. The van der Waals surface area contributed by atoms with Crippen LogP contribution < -0.4 is 10.5 Å². The van der Waals surface area contributed by atoms with E-state index in [1.807, 2.05) is 20.8 Å². The summed E-state index contributed by atoms with van der Waals surface area (Å²) < 4.78 is 18.9. The van der Waals surface area contributed by atoms with Crippen LogP contribution in [0.5, 0.6) is 5.88 Å². The van der Waals surface area contributed by atoms with Crippen LogP contribution >= 0.6 is 0 Å². The van der Waals surface area contributed by atoms with Crippen LogP contribution in [0.1, 0.15) is 26.3 Å². The van der Waals surface area contributed by atoms with E-state index in [1.54, 1.807) is 6.07 Å². The zero-order valence-electron chi connectivity index (χ0n) is 8.67. The molecule has 1 rings (SSSR count). The van der Waals surface area contributed by atoms with Crippen LogP contribution in [0.25, 0.3) is 0 Å². The second-order valence-electron chi connectivity index (χ2n) is 4.01. The van der Waals surface area contributed by atoms with Crippen molar-refractivity contribution in [3.05, 3.63) is 23.6 Å². The third-order valence-electron chi connectivity index (χ3n) is 1.56. The fourth-order valence-corrected chi connectivity index (χ4v) is 0.981. The standard InChI is InChI=1S/C10H15FN2O/c1-10(2,3)14-9-8(11)7(6-12)4-5-13-9/h4-5H,6,12H2,1-3H3. The molecule has 4 heteroatoms. The lowest BCUT2D eigenvalue weighted by molar-refractivity contribution is 0.117. The van der Waals surface area contributed by atoms with Crippen LogP contribution in [0.2, 0.25) is 0 Å². The number of rotatable bonds is 2. The van der Waals surface area contributed by atoms with Crippen molar-refractivity contribution in [1.29, 1.82) is 0 Å². The Labute approximate surface area is 83.1 Å². The summed E-state index contributed by atoms with van der Waals surface area (Å²) in [6.45, 7) is 5.66. The number of pyridine rings is 1.